The molecule has 1 aromatic rings. The fourth-order valence-corrected chi connectivity index (χ4v) is 3.32. The molecule has 0 unspecified atom stereocenters. The molecule has 0 aliphatic carbocycles. The molecule has 7 nitrogen and oxygen atoms in total. The monoisotopic (exact) mass is 258 g/mol. The highest BCUT2D eigenvalue weighted by atomic mass is 32.2. The van der Waals surface area contributed by atoms with Crippen molar-refractivity contribution in [2.24, 2.45) is 5.84 Å². The van der Waals surface area contributed by atoms with Gasteiger partial charge in [0.2, 0.25) is 10.0 Å². The maximum Gasteiger partial charge on any atom is 0.281 e. The quantitative estimate of drug-likeness (QED) is 0.382. The van der Waals surface area contributed by atoms with Crippen LogP contribution in [0.2, 0.25) is 0 Å². The Morgan fingerprint density at radius 1 is 1.41 bits per heavy atom. The van der Waals surface area contributed by atoms with Crippen LogP contribution in [0.15, 0.2) is 17.2 Å². The second kappa shape index (κ2) is 4.47. The summed E-state index contributed by atoms with van der Waals surface area (Å²) in [5, 5.41) is 0. The van der Waals surface area contributed by atoms with Gasteiger partial charge in [-0.15, -0.1) is 0 Å². The van der Waals surface area contributed by atoms with Crippen LogP contribution in [-0.4, -0.2) is 36.7 Å². The smallest absolute Gasteiger partial charge is 0.281 e. The molecule has 1 aliphatic heterocycles. The molecule has 0 bridgehead atoms. The topological polar surface area (TPSA) is 108 Å². The average Bonchev–Trinajstić information content (AvgIpc) is 2.98. The van der Waals surface area contributed by atoms with Gasteiger partial charge in [0, 0.05) is 19.3 Å². The van der Waals surface area contributed by atoms with Crippen molar-refractivity contribution in [3.05, 3.63) is 18.0 Å². The number of nitrogens with two attached hydrogens (primary N) is 1. The van der Waals surface area contributed by atoms with Gasteiger partial charge in [-0.25, -0.2) is 14.3 Å². The molecule has 94 valence electrons. The van der Waals surface area contributed by atoms with Gasteiger partial charge in [0.25, 0.3) is 5.91 Å². The maximum atomic E-state index is 12.1. The van der Waals surface area contributed by atoms with Gasteiger partial charge in [0.05, 0.1) is 0 Å². The second-order valence-electron chi connectivity index (χ2n) is 3.83. The summed E-state index contributed by atoms with van der Waals surface area (Å²) < 4.78 is 25.6. The lowest BCUT2D eigenvalue weighted by molar-refractivity contribution is 0.0949. The average molecular weight is 258 g/mol. The van der Waals surface area contributed by atoms with Gasteiger partial charge in [-0.05, 0) is 18.9 Å². The maximum absolute atomic E-state index is 12.1. The van der Waals surface area contributed by atoms with Crippen molar-refractivity contribution < 1.29 is 13.2 Å². The van der Waals surface area contributed by atoms with Crippen molar-refractivity contribution in [1.29, 1.82) is 0 Å². The van der Waals surface area contributed by atoms with E-state index in [1.165, 1.54) is 16.6 Å². The van der Waals surface area contributed by atoms with Gasteiger partial charge in [-0.2, -0.15) is 4.31 Å². The minimum Gasteiger partial charge on any atom is -0.356 e. The van der Waals surface area contributed by atoms with E-state index in [9.17, 15) is 13.2 Å². The van der Waals surface area contributed by atoms with Crippen LogP contribution in [0, 0.1) is 0 Å². The summed E-state index contributed by atoms with van der Waals surface area (Å²) in [6.45, 7) is 1.07. The molecule has 0 spiro atoms. The number of sulfonamides is 1. The summed E-state index contributed by atoms with van der Waals surface area (Å²) in [5.41, 5.74) is 2.07. The Kier molecular flexibility index (Phi) is 3.18. The van der Waals surface area contributed by atoms with Crippen molar-refractivity contribution in [1.82, 2.24) is 14.7 Å². The Hall–Kier alpha value is -1.38. The first kappa shape index (κ1) is 12.1. The molecule has 17 heavy (non-hydrogen) atoms. The van der Waals surface area contributed by atoms with Gasteiger partial charge >= 0.3 is 0 Å². The number of H-pyrrole nitrogens is 1. The van der Waals surface area contributed by atoms with Crippen LogP contribution in [0.3, 0.4) is 0 Å². The van der Waals surface area contributed by atoms with Crippen LogP contribution in [0.4, 0.5) is 0 Å². The van der Waals surface area contributed by atoms with Crippen molar-refractivity contribution in [2.45, 2.75) is 17.7 Å². The highest BCUT2D eigenvalue weighted by Gasteiger charge is 2.28. The van der Waals surface area contributed by atoms with Crippen molar-refractivity contribution in [3.8, 4) is 0 Å². The summed E-state index contributed by atoms with van der Waals surface area (Å²) in [4.78, 5) is 13.9. The number of hydrogen-bond acceptors (Lipinski definition) is 4. The van der Waals surface area contributed by atoms with Crippen LogP contribution >= 0.6 is 0 Å². The number of nitrogens with one attached hydrogen (secondary N) is 2. The van der Waals surface area contributed by atoms with E-state index in [4.69, 9.17) is 5.84 Å². The number of carbonyl (C=O) groups is 1. The van der Waals surface area contributed by atoms with Crippen molar-refractivity contribution in [2.75, 3.05) is 13.1 Å². The number of carbonyl (C=O) groups excluding carboxylic acids is 1. The lowest BCUT2D eigenvalue weighted by Crippen LogP contribution is -2.30. The number of aromatic nitrogens is 1. The van der Waals surface area contributed by atoms with Crippen molar-refractivity contribution >= 4 is 15.9 Å². The Morgan fingerprint density at radius 3 is 2.65 bits per heavy atom. The minimum absolute atomic E-state index is 0.0954. The molecule has 1 saturated heterocycles. The van der Waals surface area contributed by atoms with Crippen molar-refractivity contribution in [3.63, 3.8) is 0 Å². The standard InChI is InChI=1S/C9H14N4O3S/c10-12-9(14)8-5-7(6-11-8)17(15,16)13-3-1-2-4-13/h5-6,11H,1-4,10H2,(H,12,14). The molecule has 1 aliphatic rings. The number of amides is 1. The normalized spacial score (nSPS) is 17.2. The van der Waals surface area contributed by atoms with E-state index in [0.29, 0.717) is 13.1 Å². The number of hydrazine groups is 1. The largest absolute Gasteiger partial charge is 0.356 e. The summed E-state index contributed by atoms with van der Waals surface area (Å²) in [6.07, 6.45) is 3.05. The number of nitrogen functional groups attached to an aromatic ring is 1. The van der Waals surface area contributed by atoms with E-state index >= 15 is 0 Å². The van der Waals surface area contributed by atoms with Crippen LogP contribution in [-0.2, 0) is 10.0 Å². The minimum atomic E-state index is -3.48. The lowest BCUT2D eigenvalue weighted by Gasteiger charge is -2.13. The zero-order valence-electron chi connectivity index (χ0n) is 9.14. The Balaban J connectivity index is 2.27. The molecule has 2 rings (SSSR count). The zero-order chi connectivity index (χ0) is 12.5. The molecule has 0 saturated carbocycles. The van der Waals surface area contributed by atoms with Crippen LogP contribution in [0.5, 0.6) is 0 Å². The van der Waals surface area contributed by atoms with E-state index in [0.717, 1.165) is 12.8 Å². The first-order valence-corrected chi connectivity index (χ1v) is 6.69. The third-order valence-corrected chi connectivity index (χ3v) is 4.61. The Bertz CT molecular complexity index is 516. The fraction of sp³-hybridized carbons (Fsp3) is 0.444. The molecule has 1 amide bonds. The highest BCUT2D eigenvalue weighted by molar-refractivity contribution is 7.89. The van der Waals surface area contributed by atoms with E-state index < -0.39 is 15.9 Å². The van der Waals surface area contributed by atoms with Gasteiger partial charge in [-0.3, -0.25) is 10.2 Å². The summed E-state index contributed by atoms with van der Waals surface area (Å²) in [6, 6.07) is 1.29. The highest BCUT2D eigenvalue weighted by Crippen LogP contribution is 2.21. The third kappa shape index (κ3) is 2.19. The first-order valence-electron chi connectivity index (χ1n) is 5.25. The number of hydrogen-bond donors (Lipinski definition) is 3. The van der Waals surface area contributed by atoms with Gasteiger partial charge < -0.3 is 4.98 Å². The number of aromatic amines is 1. The molecule has 0 atom stereocenters. The molecule has 1 aromatic heterocycles. The van der Waals surface area contributed by atoms with Crippen LogP contribution in [0.25, 0.3) is 0 Å². The Labute approximate surface area is 99.0 Å². The van der Waals surface area contributed by atoms with Crippen LogP contribution < -0.4 is 11.3 Å². The van der Waals surface area contributed by atoms with E-state index in [2.05, 4.69) is 4.98 Å². The summed E-state index contributed by atoms with van der Waals surface area (Å²) >= 11 is 0. The molecule has 8 heteroatoms. The molecular formula is C9H14N4O3S. The third-order valence-electron chi connectivity index (χ3n) is 2.74. The predicted octanol–water partition coefficient (Wildman–Crippen LogP) is -0.597. The molecular weight excluding hydrogens is 244 g/mol. The zero-order valence-corrected chi connectivity index (χ0v) is 9.96. The molecule has 2 heterocycles. The molecule has 0 aromatic carbocycles. The first-order chi connectivity index (χ1) is 8.05. The lowest BCUT2D eigenvalue weighted by atomic mass is 10.4. The van der Waals surface area contributed by atoms with E-state index in [1.54, 1.807) is 0 Å². The Morgan fingerprint density at radius 2 is 2.06 bits per heavy atom. The fourth-order valence-electron chi connectivity index (χ4n) is 1.81. The predicted molar refractivity (Wildman–Crippen MR) is 60.4 cm³/mol. The van der Waals surface area contributed by atoms with E-state index in [-0.39, 0.29) is 10.6 Å². The molecule has 1 fully saturated rings. The van der Waals surface area contributed by atoms with E-state index in [1.807, 2.05) is 5.43 Å². The second-order valence-corrected chi connectivity index (χ2v) is 5.77. The van der Waals surface area contributed by atoms with Crippen LogP contribution in [0.1, 0.15) is 23.3 Å². The summed E-state index contributed by atoms with van der Waals surface area (Å²) in [7, 11) is -3.48. The number of rotatable bonds is 3. The SMILES string of the molecule is NNC(=O)c1cc(S(=O)(=O)N2CCCC2)c[nH]1. The molecule has 4 N–H and O–H groups in total. The van der Waals surface area contributed by atoms with Gasteiger partial charge in [0.15, 0.2) is 0 Å². The van der Waals surface area contributed by atoms with Gasteiger partial charge in [0.1, 0.15) is 10.6 Å². The van der Waals surface area contributed by atoms with Gasteiger partial charge in [-0.1, -0.05) is 0 Å². The summed E-state index contributed by atoms with van der Waals surface area (Å²) in [5.74, 6) is 4.42. The number of nitrogens with zero attached hydrogens (tertiary/aromatic N) is 1. The molecule has 0 radical (unpaired) electrons.